The minimum absolute atomic E-state index is 0.0299. The number of rotatable bonds is 13. The molecule has 0 unspecified atom stereocenters. The second kappa shape index (κ2) is 13.9. The van der Waals surface area contributed by atoms with Crippen molar-refractivity contribution in [2.24, 2.45) is 11.8 Å². The van der Waals surface area contributed by atoms with Gasteiger partial charge in [-0.15, -0.1) is 0 Å². The molecular formula is C29H38N2O7S. The Hall–Kier alpha value is -2.92. The number of hydrogen-bond acceptors (Lipinski definition) is 7. The lowest BCUT2D eigenvalue weighted by Gasteiger charge is -2.32. The topological polar surface area (TPSA) is 114 Å². The van der Waals surface area contributed by atoms with Crippen LogP contribution in [0.5, 0.6) is 5.75 Å². The van der Waals surface area contributed by atoms with E-state index in [1.165, 1.54) is 36.4 Å². The van der Waals surface area contributed by atoms with E-state index in [-0.39, 0.29) is 48.8 Å². The molecule has 4 rings (SSSR count). The number of sulfonamides is 1. The van der Waals surface area contributed by atoms with Crippen LogP contribution in [0.25, 0.3) is 0 Å². The molecule has 1 aliphatic carbocycles. The van der Waals surface area contributed by atoms with E-state index in [9.17, 15) is 18.3 Å². The van der Waals surface area contributed by atoms with Crippen molar-refractivity contribution in [3.8, 4) is 5.75 Å². The molecule has 1 heterocycles. The van der Waals surface area contributed by atoms with Crippen LogP contribution in [0, 0.1) is 11.8 Å². The van der Waals surface area contributed by atoms with Gasteiger partial charge in [-0.25, -0.2) is 8.42 Å². The summed E-state index contributed by atoms with van der Waals surface area (Å²) in [5.74, 6) is 1.13. The van der Waals surface area contributed by atoms with Gasteiger partial charge in [0.1, 0.15) is 5.75 Å². The Kier molecular flexibility index (Phi) is 10.4. The second-order valence-corrected chi connectivity index (χ2v) is 11.8. The van der Waals surface area contributed by atoms with Crippen LogP contribution in [0.4, 0.5) is 0 Å². The molecule has 212 valence electrons. The molecule has 0 saturated heterocycles. The van der Waals surface area contributed by atoms with Crippen LogP contribution in [0.2, 0.25) is 0 Å². The summed E-state index contributed by atoms with van der Waals surface area (Å²) in [5, 5.41) is 12.4. The van der Waals surface area contributed by atoms with Gasteiger partial charge in [0.05, 0.1) is 25.2 Å². The summed E-state index contributed by atoms with van der Waals surface area (Å²) in [6.45, 7) is 0.0757. The predicted octanol–water partition coefficient (Wildman–Crippen LogP) is 3.45. The fourth-order valence-corrected chi connectivity index (χ4v) is 6.59. The molecule has 0 bridgehead atoms. The minimum Gasteiger partial charge on any atom is -0.497 e. The summed E-state index contributed by atoms with van der Waals surface area (Å²) in [5.41, 5.74) is 0.990. The molecule has 2 aromatic carbocycles. The third-order valence-corrected chi connectivity index (χ3v) is 9.22. The van der Waals surface area contributed by atoms with Gasteiger partial charge < -0.3 is 24.6 Å². The Bertz CT molecular complexity index is 1200. The van der Waals surface area contributed by atoms with Crippen LogP contribution in [-0.2, 0) is 30.8 Å². The van der Waals surface area contributed by atoms with Crippen LogP contribution in [0.15, 0.2) is 71.3 Å². The normalized spacial score (nSPS) is 19.9. The molecule has 9 nitrogen and oxygen atoms in total. The number of aliphatic hydroxyl groups excluding tert-OH is 1. The number of carbonyl (C=O) groups excluding carboxylic acids is 1. The van der Waals surface area contributed by atoms with E-state index in [1.807, 2.05) is 36.4 Å². The van der Waals surface area contributed by atoms with Gasteiger partial charge in [-0.05, 0) is 60.6 Å². The lowest BCUT2D eigenvalue weighted by molar-refractivity contribution is -0.151. The van der Waals surface area contributed by atoms with Gasteiger partial charge in [-0.2, -0.15) is 4.31 Å². The zero-order valence-electron chi connectivity index (χ0n) is 22.3. The molecule has 1 amide bonds. The van der Waals surface area contributed by atoms with Gasteiger partial charge in [0.15, 0.2) is 5.76 Å². The number of allylic oxidation sites excluding steroid dienone is 1. The number of carbonyl (C=O) groups is 1. The summed E-state index contributed by atoms with van der Waals surface area (Å²) in [4.78, 5) is 13.1. The highest BCUT2D eigenvalue weighted by atomic mass is 32.2. The van der Waals surface area contributed by atoms with Crippen molar-refractivity contribution in [1.29, 1.82) is 0 Å². The first-order valence-electron chi connectivity index (χ1n) is 13.5. The zero-order valence-corrected chi connectivity index (χ0v) is 23.1. The first kappa shape index (κ1) is 29.1. The molecule has 1 fully saturated rings. The molecule has 2 N–H and O–H groups in total. The Morgan fingerprint density at radius 2 is 1.79 bits per heavy atom. The lowest BCUT2D eigenvalue weighted by atomic mass is 9.86. The molecule has 1 saturated carbocycles. The second-order valence-electron chi connectivity index (χ2n) is 9.86. The number of nitrogens with one attached hydrogen (secondary N) is 1. The van der Waals surface area contributed by atoms with Crippen molar-refractivity contribution in [3.05, 3.63) is 72.0 Å². The molecule has 1 aliphatic heterocycles. The standard InChI is InChI=1S/C29H38N2O7S/c1-36-25-11-13-26(14-12-25)39(34,35)31(15-17-32)16-18-37-28-20-24(23-9-5-6-10-23)19-27(38-28)29(33)30-21-22-7-3-2-4-8-22/h2-4,7-8,11-14,19,23-24,28,32H,5-6,9-10,15-18,20-21H2,1H3,(H,30,33)/t24-,28+/m0/s1. The van der Waals surface area contributed by atoms with Gasteiger partial charge in [-0.3, -0.25) is 4.79 Å². The number of benzene rings is 2. The van der Waals surface area contributed by atoms with Crippen molar-refractivity contribution in [2.45, 2.75) is 49.8 Å². The van der Waals surface area contributed by atoms with Gasteiger partial charge in [0.25, 0.3) is 5.91 Å². The third kappa shape index (κ3) is 7.82. The van der Waals surface area contributed by atoms with Gasteiger partial charge >= 0.3 is 0 Å². The van der Waals surface area contributed by atoms with Crippen LogP contribution >= 0.6 is 0 Å². The maximum absolute atomic E-state index is 13.2. The summed E-state index contributed by atoms with van der Waals surface area (Å²) >= 11 is 0. The molecule has 0 radical (unpaired) electrons. The van der Waals surface area contributed by atoms with E-state index < -0.39 is 16.3 Å². The van der Waals surface area contributed by atoms with Crippen molar-refractivity contribution in [1.82, 2.24) is 9.62 Å². The summed E-state index contributed by atoms with van der Waals surface area (Å²) in [6, 6.07) is 15.8. The lowest BCUT2D eigenvalue weighted by Crippen LogP contribution is -2.38. The molecule has 2 aliphatic rings. The Balaban J connectivity index is 1.39. The van der Waals surface area contributed by atoms with E-state index >= 15 is 0 Å². The molecule has 2 atom stereocenters. The first-order chi connectivity index (χ1) is 18.9. The molecule has 39 heavy (non-hydrogen) atoms. The van der Waals surface area contributed by atoms with E-state index in [1.54, 1.807) is 12.1 Å². The Labute approximate surface area is 230 Å². The highest BCUT2D eigenvalue weighted by Crippen LogP contribution is 2.38. The Morgan fingerprint density at radius 3 is 2.46 bits per heavy atom. The summed E-state index contributed by atoms with van der Waals surface area (Å²) < 4.78 is 44.6. The number of methoxy groups -OCH3 is 1. The molecule has 0 spiro atoms. The van der Waals surface area contributed by atoms with Crippen LogP contribution < -0.4 is 10.1 Å². The van der Waals surface area contributed by atoms with E-state index in [0.29, 0.717) is 24.6 Å². The zero-order chi connectivity index (χ0) is 27.7. The molecular weight excluding hydrogens is 520 g/mol. The number of amides is 1. The van der Waals surface area contributed by atoms with E-state index in [2.05, 4.69) is 5.32 Å². The molecule has 0 aromatic heterocycles. The Morgan fingerprint density at radius 1 is 1.08 bits per heavy atom. The van der Waals surface area contributed by atoms with Crippen LogP contribution in [0.1, 0.15) is 37.7 Å². The van der Waals surface area contributed by atoms with Crippen molar-refractivity contribution in [3.63, 3.8) is 0 Å². The third-order valence-electron chi connectivity index (χ3n) is 7.30. The van der Waals surface area contributed by atoms with Gasteiger partial charge in [-0.1, -0.05) is 43.2 Å². The van der Waals surface area contributed by atoms with Crippen molar-refractivity contribution in [2.75, 3.05) is 33.4 Å². The summed E-state index contributed by atoms with van der Waals surface area (Å²) in [7, 11) is -2.34. The average molecular weight is 559 g/mol. The largest absolute Gasteiger partial charge is 0.497 e. The highest BCUT2D eigenvalue weighted by molar-refractivity contribution is 7.89. The monoisotopic (exact) mass is 558 g/mol. The fraction of sp³-hybridized carbons (Fsp3) is 0.483. The van der Waals surface area contributed by atoms with Gasteiger partial charge in [0, 0.05) is 26.1 Å². The smallest absolute Gasteiger partial charge is 0.286 e. The SMILES string of the molecule is COc1ccc(S(=O)(=O)N(CCO)CCO[C@H]2C[C@@H](C3CCCC3)C=C(C(=O)NCc3ccccc3)O2)cc1. The fourth-order valence-electron chi connectivity index (χ4n) is 5.17. The van der Waals surface area contributed by atoms with E-state index in [4.69, 9.17) is 14.2 Å². The predicted molar refractivity (Wildman–Crippen MR) is 146 cm³/mol. The summed E-state index contributed by atoms with van der Waals surface area (Å²) in [6.07, 6.45) is 6.44. The first-order valence-corrected chi connectivity index (χ1v) is 14.9. The van der Waals surface area contributed by atoms with Crippen LogP contribution in [-0.4, -0.2) is 63.4 Å². The quantitative estimate of drug-likeness (QED) is 0.387. The van der Waals surface area contributed by atoms with Gasteiger partial charge in [0.2, 0.25) is 16.3 Å². The maximum atomic E-state index is 13.2. The number of aliphatic hydroxyl groups is 1. The number of hydrogen-bond donors (Lipinski definition) is 2. The van der Waals surface area contributed by atoms with Crippen molar-refractivity contribution >= 4 is 15.9 Å². The van der Waals surface area contributed by atoms with E-state index in [0.717, 1.165) is 18.4 Å². The highest BCUT2D eigenvalue weighted by Gasteiger charge is 2.34. The number of ether oxygens (including phenoxy) is 3. The molecule has 2 aromatic rings. The number of nitrogens with zero attached hydrogens (tertiary/aromatic N) is 1. The van der Waals surface area contributed by atoms with Crippen molar-refractivity contribution < 1.29 is 32.5 Å². The minimum atomic E-state index is -3.85. The maximum Gasteiger partial charge on any atom is 0.286 e. The van der Waals surface area contributed by atoms with Crippen LogP contribution in [0.3, 0.4) is 0 Å². The molecule has 10 heteroatoms. The average Bonchev–Trinajstić information content (AvgIpc) is 3.51.